The maximum atomic E-state index is 14.7. The molecule has 374 valence electrons. The molecule has 3 atom stereocenters. The average molecular weight is 997 g/mol. The fourth-order valence-electron chi connectivity index (χ4n) is 11.2. The number of halogens is 1. The molecule has 0 bridgehead atoms. The summed E-state index contributed by atoms with van der Waals surface area (Å²) >= 11 is 7.23. The Kier molecular flexibility index (Phi) is 12.9. The van der Waals surface area contributed by atoms with Gasteiger partial charge in [-0.05, 0) is 101 Å². The van der Waals surface area contributed by atoms with Crippen molar-refractivity contribution in [2.45, 2.75) is 78.5 Å². The maximum Gasteiger partial charge on any atom is 0.355 e. The molecule has 16 nitrogen and oxygen atoms in total. The molecule has 4 aliphatic rings. The Morgan fingerprint density at radius 3 is 2.25 bits per heavy atom. The van der Waals surface area contributed by atoms with Crippen LogP contribution < -0.4 is 14.8 Å². The molecule has 0 radical (unpaired) electrons. The first-order valence-corrected chi connectivity index (χ1v) is 25.0. The van der Waals surface area contributed by atoms with Crippen LogP contribution in [0.15, 0.2) is 72.8 Å². The quantitative estimate of drug-likeness (QED) is 0.0659. The van der Waals surface area contributed by atoms with E-state index in [1.165, 1.54) is 12.1 Å². The summed E-state index contributed by atoms with van der Waals surface area (Å²) in [5.41, 5.74) is 5.03. The van der Waals surface area contributed by atoms with Gasteiger partial charge in [0, 0.05) is 80.3 Å². The van der Waals surface area contributed by atoms with Crippen molar-refractivity contribution < 1.29 is 43.0 Å². The number of nitrogens with one attached hydrogen (secondary N) is 1. The third-order valence-corrected chi connectivity index (χ3v) is 14.9. The van der Waals surface area contributed by atoms with Crippen molar-refractivity contribution in [1.29, 1.82) is 0 Å². The number of ether oxygens (including phenoxy) is 3. The van der Waals surface area contributed by atoms with E-state index in [-0.39, 0.29) is 54.1 Å². The number of carbonyl (C=O) groups is 6. The van der Waals surface area contributed by atoms with Gasteiger partial charge in [-0.1, -0.05) is 60.1 Å². The van der Waals surface area contributed by atoms with Gasteiger partial charge < -0.3 is 28.6 Å². The number of hydrogen-bond donors (Lipinski definition) is 1. The van der Waals surface area contributed by atoms with Gasteiger partial charge in [0.1, 0.15) is 28.8 Å². The zero-order valence-corrected chi connectivity index (χ0v) is 42.1. The summed E-state index contributed by atoms with van der Waals surface area (Å²) in [4.78, 5) is 84.8. The van der Waals surface area contributed by atoms with Gasteiger partial charge >= 0.3 is 5.97 Å². The molecule has 6 aromatic rings. The van der Waals surface area contributed by atoms with Crippen molar-refractivity contribution in [2.75, 3.05) is 45.9 Å². The zero-order valence-electron chi connectivity index (χ0n) is 41.4. The summed E-state index contributed by atoms with van der Waals surface area (Å²) in [6.07, 6.45) is 1.21. The number of esters is 1. The number of aryl methyl sites for hydroxylation is 3. The molecular weight excluding hydrogens is 938 g/mol. The largest absolute Gasteiger partial charge is 0.493 e. The van der Waals surface area contributed by atoms with Gasteiger partial charge in [0.2, 0.25) is 11.8 Å². The van der Waals surface area contributed by atoms with Crippen LogP contribution in [0.25, 0.3) is 32.8 Å². The molecule has 0 aliphatic carbocycles. The minimum atomic E-state index is -1.12. The van der Waals surface area contributed by atoms with Crippen molar-refractivity contribution in [3.63, 3.8) is 0 Å². The lowest BCUT2D eigenvalue weighted by molar-refractivity contribution is -0.136. The third-order valence-electron chi connectivity index (χ3n) is 14.5. The second-order valence-corrected chi connectivity index (χ2v) is 20.8. The van der Waals surface area contributed by atoms with Crippen molar-refractivity contribution in [2.24, 2.45) is 18.9 Å². The van der Waals surface area contributed by atoms with Gasteiger partial charge in [0.25, 0.3) is 17.7 Å². The second-order valence-electron chi connectivity index (χ2n) is 20.4. The van der Waals surface area contributed by atoms with Gasteiger partial charge in [-0.15, -0.1) is 0 Å². The van der Waals surface area contributed by atoms with Crippen molar-refractivity contribution >= 4 is 68.8 Å². The molecule has 3 fully saturated rings. The molecule has 1 unspecified atom stereocenters. The summed E-state index contributed by atoms with van der Waals surface area (Å²) in [5, 5.41) is 10.6. The minimum absolute atomic E-state index is 0.00245. The minimum Gasteiger partial charge on any atom is -0.493 e. The zero-order chi connectivity index (χ0) is 50.7. The Labute approximate surface area is 422 Å². The Morgan fingerprint density at radius 1 is 0.806 bits per heavy atom. The van der Waals surface area contributed by atoms with E-state index in [0.717, 1.165) is 73.5 Å². The van der Waals surface area contributed by atoms with Gasteiger partial charge in [0.15, 0.2) is 6.61 Å². The monoisotopic (exact) mass is 995 g/mol. The van der Waals surface area contributed by atoms with Crippen LogP contribution in [-0.2, 0) is 39.1 Å². The van der Waals surface area contributed by atoms with Gasteiger partial charge in [0.05, 0.1) is 34.0 Å². The summed E-state index contributed by atoms with van der Waals surface area (Å²) < 4.78 is 22.5. The number of likely N-dealkylation sites (tertiary alicyclic amines) is 2. The summed E-state index contributed by atoms with van der Waals surface area (Å²) in [7, 11) is 1.92. The molecular formula is C55H58ClN7O9. The van der Waals surface area contributed by atoms with E-state index in [0.29, 0.717) is 56.3 Å². The highest BCUT2D eigenvalue weighted by atomic mass is 35.5. The number of benzene rings is 4. The van der Waals surface area contributed by atoms with Crippen molar-refractivity contribution in [1.82, 2.24) is 34.4 Å². The summed E-state index contributed by atoms with van der Waals surface area (Å²) in [6, 6.07) is 21.6. The number of piperidine rings is 1. The van der Waals surface area contributed by atoms with Crippen molar-refractivity contribution in [3.8, 4) is 22.6 Å². The van der Waals surface area contributed by atoms with Crippen LogP contribution >= 0.6 is 11.6 Å². The average Bonchev–Trinajstić information content (AvgIpc) is 4.12. The third kappa shape index (κ3) is 8.99. The number of nitrogens with zero attached hydrogens (tertiary/aromatic N) is 6. The van der Waals surface area contributed by atoms with Crippen LogP contribution in [0.1, 0.15) is 88.2 Å². The van der Waals surface area contributed by atoms with Gasteiger partial charge in [-0.25, -0.2) is 4.79 Å². The van der Waals surface area contributed by atoms with E-state index < -0.39 is 41.2 Å². The molecule has 17 heteroatoms. The molecule has 5 amide bonds. The molecule has 72 heavy (non-hydrogen) atoms. The number of hydrogen-bond acceptors (Lipinski definition) is 11. The number of carbonyl (C=O) groups excluding carboxylic acids is 6. The fourth-order valence-corrected chi connectivity index (χ4v) is 11.5. The Hall–Kier alpha value is -7.04. The molecule has 3 saturated heterocycles. The van der Waals surface area contributed by atoms with Crippen molar-refractivity contribution in [3.05, 3.63) is 112 Å². The lowest BCUT2D eigenvalue weighted by atomic mass is 9.98. The van der Waals surface area contributed by atoms with E-state index in [4.69, 9.17) is 30.9 Å². The number of imide groups is 2. The molecule has 4 aromatic carbocycles. The van der Waals surface area contributed by atoms with E-state index in [1.54, 1.807) is 11.0 Å². The van der Waals surface area contributed by atoms with E-state index in [2.05, 4.69) is 33.0 Å². The summed E-state index contributed by atoms with van der Waals surface area (Å²) in [5.74, 6) is -1.87. The fraction of sp³-hybridized carbons (Fsp3) is 0.400. The molecule has 6 heterocycles. The number of rotatable bonds is 14. The van der Waals surface area contributed by atoms with Gasteiger partial charge in [-0.3, -0.25) is 38.9 Å². The summed E-state index contributed by atoms with van der Waals surface area (Å²) in [6.45, 7) is 13.3. The first-order chi connectivity index (χ1) is 34.5. The van der Waals surface area contributed by atoms with E-state index in [1.807, 2.05) is 82.7 Å². The predicted molar refractivity (Wildman–Crippen MR) is 270 cm³/mol. The van der Waals surface area contributed by atoms with Crippen LogP contribution in [0, 0.1) is 25.7 Å². The maximum absolute atomic E-state index is 14.7. The smallest absolute Gasteiger partial charge is 0.355 e. The highest BCUT2D eigenvalue weighted by molar-refractivity contribution is 6.35. The van der Waals surface area contributed by atoms with Crippen LogP contribution in [0.3, 0.4) is 0 Å². The molecule has 2 aromatic heterocycles. The Balaban J connectivity index is 0.866. The number of fused-ring (bicyclic) bond motifs is 4. The molecule has 10 rings (SSSR count). The van der Waals surface area contributed by atoms with E-state index in [9.17, 15) is 28.8 Å². The number of amides is 5. The standard InChI is InChI=1S/C55H58ClN7O9/c1-31-46(32(2)59(6)58-31)48-40(56)20-19-38-37(16-11-25-70-42-17-9-13-33-12-7-8-14-36(33)42)50(54(69)72-55(3,4)5)62(49(38)48)24-23-60-26-34-28-61(29-35(34)27-60)45(65)30-71-43-18-10-15-39-47(43)53(68)63(52(39)67)41-21-22-44(64)57-51(41)66/h7-10,12-15,17-20,34-35,41H,11,16,21-30H2,1-6H3,(H,57,64,66)/t34-,35+,41?. The highest BCUT2D eigenvalue weighted by Gasteiger charge is 2.47. The lowest BCUT2D eigenvalue weighted by Crippen LogP contribution is -2.54. The Bertz CT molecular complexity index is 3210. The van der Waals surface area contributed by atoms with Crippen LogP contribution in [0.2, 0.25) is 5.02 Å². The SMILES string of the molecule is Cc1nn(C)c(C)c1-c1c(Cl)ccc2c(CCCOc3cccc4ccccc34)c(C(=O)OC(C)(C)C)n(CCN3C[C@@H]4CN(C(=O)COc5cccc6c5C(=O)N(C5CCC(=O)NC5=O)C6=O)C[C@@H]4C3)c12. The van der Waals surface area contributed by atoms with Crippen LogP contribution in [0.4, 0.5) is 0 Å². The first kappa shape index (κ1) is 48.6. The van der Waals surface area contributed by atoms with Crippen LogP contribution in [0.5, 0.6) is 11.5 Å². The van der Waals surface area contributed by atoms with E-state index >= 15 is 0 Å². The first-order valence-electron chi connectivity index (χ1n) is 24.6. The molecule has 1 N–H and O–H groups in total. The normalized spacial score (nSPS) is 19.1. The Morgan fingerprint density at radius 2 is 1.53 bits per heavy atom. The molecule has 0 spiro atoms. The highest BCUT2D eigenvalue weighted by Crippen LogP contribution is 2.43. The predicted octanol–water partition coefficient (Wildman–Crippen LogP) is 7.30. The van der Waals surface area contributed by atoms with Gasteiger partial charge in [-0.2, -0.15) is 5.10 Å². The van der Waals surface area contributed by atoms with Crippen LogP contribution in [-0.4, -0.2) is 122 Å². The molecule has 0 saturated carbocycles. The molecule has 4 aliphatic heterocycles. The lowest BCUT2D eigenvalue weighted by Gasteiger charge is -2.27. The number of aromatic nitrogens is 3. The topological polar surface area (TPSA) is 175 Å². The second kappa shape index (κ2) is 19.2.